The van der Waals surface area contributed by atoms with Crippen LogP contribution < -0.4 is 0 Å². The zero-order chi connectivity index (χ0) is 7.84. The van der Waals surface area contributed by atoms with E-state index in [-0.39, 0.29) is 0 Å². The zero-order valence-corrected chi connectivity index (χ0v) is 6.67. The van der Waals surface area contributed by atoms with Crippen LogP contribution in [0.5, 0.6) is 5.75 Å². The topological polar surface area (TPSA) is 20.2 Å². The predicted molar refractivity (Wildman–Crippen MR) is 44.8 cm³/mol. The van der Waals surface area contributed by atoms with Crippen molar-refractivity contribution in [2.24, 2.45) is 0 Å². The van der Waals surface area contributed by atoms with Crippen molar-refractivity contribution in [1.29, 1.82) is 0 Å². The number of benzene rings is 1. The smallest absolute Gasteiger partial charge is 0.119 e. The maximum atomic E-state index is 9.45. The van der Waals surface area contributed by atoms with Crippen molar-refractivity contribution in [3.8, 4) is 5.75 Å². The maximum absolute atomic E-state index is 9.45. The third-order valence-electron chi connectivity index (χ3n) is 2.20. The summed E-state index contributed by atoms with van der Waals surface area (Å²) in [6, 6.07) is 5.83. The van der Waals surface area contributed by atoms with Gasteiger partial charge in [-0.2, -0.15) is 0 Å². The van der Waals surface area contributed by atoms with Gasteiger partial charge in [-0.1, -0.05) is 17.7 Å². The fourth-order valence-electron chi connectivity index (χ4n) is 1.40. The van der Waals surface area contributed by atoms with E-state index in [4.69, 9.17) is 0 Å². The monoisotopic (exact) mass is 148 g/mol. The first kappa shape index (κ1) is 6.71. The Morgan fingerprint density at radius 3 is 2.73 bits per heavy atom. The summed E-state index contributed by atoms with van der Waals surface area (Å²) in [7, 11) is 0. The van der Waals surface area contributed by atoms with E-state index in [2.05, 4.69) is 13.0 Å². The second-order valence-electron chi connectivity index (χ2n) is 3.34. The molecule has 0 aliphatic heterocycles. The number of rotatable bonds is 1. The van der Waals surface area contributed by atoms with Crippen LogP contribution in [0.2, 0.25) is 0 Å². The lowest BCUT2D eigenvalue weighted by Gasteiger charge is -2.02. The molecule has 1 aromatic rings. The van der Waals surface area contributed by atoms with Crippen LogP contribution in [0.3, 0.4) is 0 Å². The first-order valence-corrected chi connectivity index (χ1v) is 4.07. The van der Waals surface area contributed by atoms with Gasteiger partial charge in [-0.15, -0.1) is 0 Å². The number of phenols is 1. The SMILES string of the molecule is Cc1ccc(O)c(C2CC2)c1. The fourth-order valence-corrected chi connectivity index (χ4v) is 1.40. The molecule has 1 aromatic carbocycles. The second kappa shape index (κ2) is 2.26. The third-order valence-corrected chi connectivity index (χ3v) is 2.20. The van der Waals surface area contributed by atoms with Gasteiger partial charge >= 0.3 is 0 Å². The fraction of sp³-hybridized carbons (Fsp3) is 0.400. The molecule has 0 saturated heterocycles. The van der Waals surface area contributed by atoms with Gasteiger partial charge < -0.3 is 5.11 Å². The maximum Gasteiger partial charge on any atom is 0.119 e. The van der Waals surface area contributed by atoms with E-state index in [0.717, 1.165) is 5.56 Å². The number of aryl methyl sites for hydroxylation is 1. The van der Waals surface area contributed by atoms with Crippen molar-refractivity contribution in [2.45, 2.75) is 25.7 Å². The highest BCUT2D eigenvalue weighted by molar-refractivity contribution is 5.40. The minimum absolute atomic E-state index is 0.470. The quantitative estimate of drug-likeness (QED) is 0.649. The standard InChI is InChI=1S/C10H12O/c1-7-2-5-10(11)9(6-7)8-3-4-8/h2,5-6,8,11H,3-4H2,1H3. The van der Waals surface area contributed by atoms with Crippen LogP contribution in [0.25, 0.3) is 0 Å². The summed E-state index contributed by atoms with van der Waals surface area (Å²) >= 11 is 0. The highest BCUT2D eigenvalue weighted by atomic mass is 16.3. The van der Waals surface area contributed by atoms with Gasteiger partial charge in [0.1, 0.15) is 5.75 Å². The van der Waals surface area contributed by atoms with Crippen LogP contribution in [0, 0.1) is 6.92 Å². The van der Waals surface area contributed by atoms with Crippen molar-refractivity contribution < 1.29 is 5.11 Å². The first-order chi connectivity index (χ1) is 5.27. The van der Waals surface area contributed by atoms with E-state index >= 15 is 0 Å². The van der Waals surface area contributed by atoms with Gasteiger partial charge in [0.05, 0.1) is 0 Å². The lowest BCUT2D eigenvalue weighted by atomic mass is 10.1. The van der Waals surface area contributed by atoms with Crippen LogP contribution in [0.15, 0.2) is 18.2 Å². The molecule has 0 amide bonds. The third kappa shape index (κ3) is 1.23. The molecule has 1 nitrogen and oxygen atoms in total. The summed E-state index contributed by atoms with van der Waals surface area (Å²) in [5.74, 6) is 1.12. The molecule has 0 aromatic heterocycles. The van der Waals surface area contributed by atoms with Crippen LogP contribution >= 0.6 is 0 Å². The highest BCUT2D eigenvalue weighted by Crippen LogP contribution is 2.44. The average molecular weight is 148 g/mol. The average Bonchev–Trinajstić information content (AvgIpc) is 2.76. The van der Waals surface area contributed by atoms with Crippen LogP contribution in [-0.4, -0.2) is 5.11 Å². The summed E-state index contributed by atoms with van der Waals surface area (Å²) in [4.78, 5) is 0. The van der Waals surface area contributed by atoms with Crippen molar-refractivity contribution in [2.75, 3.05) is 0 Å². The zero-order valence-electron chi connectivity index (χ0n) is 6.67. The Labute approximate surface area is 66.7 Å². The molecule has 1 N–H and O–H groups in total. The Hall–Kier alpha value is -0.980. The molecule has 1 heteroatoms. The summed E-state index contributed by atoms with van der Waals surface area (Å²) < 4.78 is 0. The van der Waals surface area contributed by atoms with Gasteiger partial charge in [0.25, 0.3) is 0 Å². The van der Waals surface area contributed by atoms with Crippen LogP contribution in [-0.2, 0) is 0 Å². The van der Waals surface area contributed by atoms with Gasteiger partial charge in [-0.25, -0.2) is 0 Å². The van der Waals surface area contributed by atoms with Gasteiger partial charge in [0, 0.05) is 0 Å². The summed E-state index contributed by atoms with van der Waals surface area (Å²) in [6.07, 6.45) is 2.49. The molecule has 0 heterocycles. The molecule has 0 atom stereocenters. The molecular weight excluding hydrogens is 136 g/mol. The van der Waals surface area contributed by atoms with Crippen molar-refractivity contribution >= 4 is 0 Å². The molecule has 2 rings (SSSR count). The lowest BCUT2D eigenvalue weighted by Crippen LogP contribution is -1.81. The Morgan fingerprint density at radius 2 is 2.09 bits per heavy atom. The Kier molecular flexibility index (Phi) is 1.38. The molecule has 1 aliphatic rings. The molecular formula is C10H12O. The molecule has 1 fully saturated rings. The van der Waals surface area contributed by atoms with E-state index in [0.29, 0.717) is 11.7 Å². The van der Waals surface area contributed by atoms with E-state index < -0.39 is 0 Å². The predicted octanol–water partition coefficient (Wildman–Crippen LogP) is 2.58. The molecule has 58 valence electrons. The molecule has 0 bridgehead atoms. The number of hydrogen-bond acceptors (Lipinski definition) is 1. The van der Waals surface area contributed by atoms with Gasteiger partial charge in [0.2, 0.25) is 0 Å². The molecule has 0 spiro atoms. The van der Waals surface area contributed by atoms with Crippen molar-refractivity contribution in [3.63, 3.8) is 0 Å². The normalized spacial score (nSPS) is 16.8. The minimum atomic E-state index is 0.470. The number of hydrogen-bond donors (Lipinski definition) is 1. The lowest BCUT2D eigenvalue weighted by molar-refractivity contribution is 0.468. The molecule has 0 radical (unpaired) electrons. The number of phenolic OH excluding ortho intramolecular Hbond substituents is 1. The summed E-state index contributed by atoms with van der Waals surface area (Å²) in [5.41, 5.74) is 2.38. The Balaban J connectivity index is 2.42. The largest absolute Gasteiger partial charge is 0.508 e. The van der Waals surface area contributed by atoms with E-state index in [1.807, 2.05) is 6.07 Å². The van der Waals surface area contributed by atoms with Crippen molar-refractivity contribution in [1.82, 2.24) is 0 Å². The van der Waals surface area contributed by atoms with Crippen LogP contribution in [0.4, 0.5) is 0 Å². The highest BCUT2D eigenvalue weighted by Gasteiger charge is 2.25. The summed E-state index contributed by atoms with van der Waals surface area (Å²) in [5, 5.41) is 9.45. The van der Waals surface area contributed by atoms with Gasteiger partial charge in [-0.3, -0.25) is 0 Å². The van der Waals surface area contributed by atoms with E-state index in [1.165, 1.54) is 18.4 Å². The molecule has 0 unspecified atom stereocenters. The minimum Gasteiger partial charge on any atom is -0.508 e. The Morgan fingerprint density at radius 1 is 1.36 bits per heavy atom. The van der Waals surface area contributed by atoms with E-state index in [1.54, 1.807) is 6.07 Å². The second-order valence-corrected chi connectivity index (χ2v) is 3.34. The molecule has 11 heavy (non-hydrogen) atoms. The Bertz CT molecular complexity index is 274. The van der Waals surface area contributed by atoms with Crippen LogP contribution in [0.1, 0.15) is 29.9 Å². The molecule has 1 saturated carbocycles. The molecule has 1 aliphatic carbocycles. The van der Waals surface area contributed by atoms with Gasteiger partial charge in [-0.05, 0) is 37.3 Å². The summed E-state index contributed by atoms with van der Waals surface area (Å²) in [6.45, 7) is 2.06. The van der Waals surface area contributed by atoms with E-state index in [9.17, 15) is 5.11 Å². The first-order valence-electron chi connectivity index (χ1n) is 4.07. The van der Waals surface area contributed by atoms with Gasteiger partial charge in [0.15, 0.2) is 0 Å². The van der Waals surface area contributed by atoms with Crippen molar-refractivity contribution in [3.05, 3.63) is 29.3 Å². The number of aromatic hydroxyl groups is 1.